The number of anilines is 3. The highest BCUT2D eigenvalue weighted by molar-refractivity contribution is 6.04. The van der Waals surface area contributed by atoms with Gasteiger partial charge in [0.05, 0.1) is 23.6 Å². The monoisotopic (exact) mass is 387 g/mol. The number of nitrogens with one attached hydrogen (secondary N) is 1. The van der Waals surface area contributed by atoms with E-state index in [0.717, 1.165) is 48.4 Å². The molecule has 2 amide bonds. The minimum atomic E-state index is -0.231. The molecule has 0 spiro atoms. The number of aryl methyl sites for hydroxylation is 1. The predicted octanol–water partition coefficient (Wildman–Crippen LogP) is 3.26. The van der Waals surface area contributed by atoms with Crippen molar-refractivity contribution < 1.29 is 4.79 Å². The number of hydrogen-bond donors (Lipinski definition) is 1. The number of pyridine rings is 2. The van der Waals surface area contributed by atoms with Crippen molar-refractivity contribution in [3.05, 3.63) is 54.7 Å². The minimum absolute atomic E-state index is 0.0747. The van der Waals surface area contributed by atoms with Crippen LogP contribution < -0.4 is 15.1 Å². The second-order valence-corrected chi connectivity index (χ2v) is 7.36. The van der Waals surface area contributed by atoms with Crippen LogP contribution in [0.2, 0.25) is 0 Å². The summed E-state index contributed by atoms with van der Waals surface area (Å²) in [7, 11) is 0. The molecule has 0 saturated carbocycles. The molecule has 8 nitrogen and oxygen atoms in total. The molecule has 1 fully saturated rings. The van der Waals surface area contributed by atoms with Crippen molar-refractivity contribution in [1.29, 1.82) is 0 Å². The van der Waals surface area contributed by atoms with Crippen LogP contribution in [-0.4, -0.2) is 45.1 Å². The minimum Gasteiger partial charge on any atom is -0.366 e. The molecule has 3 aromatic rings. The number of aromatic nitrogens is 4. The van der Waals surface area contributed by atoms with Gasteiger partial charge < -0.3 is 4.90 Å². The van der Waals surface area contributed by atoms with Crippen LogP contribution in [0, 0.1) is 6.92 Å². The Labute approximate surface area is 168 Å². The molecule has 0 aliphatic carbocycles. The number of carbonyl (C=O) groups excluding carboxylic acids is 1. The number of carbonyl (C=O) groups is 1. The summed E-state index contributed by atoms with van der Waals surface area (Å²) in [6.45, 7) is 3.83. The van der Waals surface area contributed by atoms with Gasteiger partial charge in [-0.3, -0.25) is 20.2 Å². The van der Waals surface area contributed by atoms with Gasteiger partial charge in [0, 0.05) is 43.4 Å². The van der Waals surface area contributed by atoms with E-state index >= 15 is 0 Å². The molecule has 1 saturated heterocycles. The van der Waals surface area contributed by atoms with Crippen LogP contribution in [0.1, 0.15) is 18.4 Å². The van der Waals surface area contributed by atoms with Gasteiger partial charge in [-0.25, -0.2) is 14.8 Å². The fourth-order valence-corrected chi connectivity index (χ4v) is 4.10. The lowest BCUT2D eigenvalue weighted by atomic mass is 9.99. The highest BCUT2D eigenvalue weighted by atomic mass is 16.2. The number of nitrogens with zero attached hydrogens (tertiary/aromatic N) is 6. The first-order valence-electron chi connectivity index (χ1n) is 9.74. The average Bonchev–Trinajstić information content (AvgIpc) is 2.75. The first kappa shape index (κ1) is 17.5. The lowest BCUT2D eigenvalue weighted by Crippen LogP contribution is -2.56. The van der Waals surface area contributed by atoms with Crippen molar-refractivity contribution in [2.75, 3.05) is 28.2 Å². The number of piperidine rings is 1. The molecular weight excluding hydrogens is 366 g/mol. The summed E-state index contributed by atoms with van der Waals surface area (Å²) in [6.07, 6.45) is 10.3. The zero-order valence-electron chi connectivity index (χ0n) is 16.1. The second kappa shape index (κ2) is 7.12. The van der Waals surface area contributed by atoms with Gasteiger partial charge in [-0.15, -0.1) is 0 Å². The van der Waals surface area contributed by atoms with Crippen molar-refractivity contribution >= 4 is 23.4 Å². The maximum Gasteiger partial charge on any atom is 0.329 e. The van der Waals surface area contributed by atoms with E-state index in [2.05, 4.69) is 31.2 Å². The molecule has 2 aliphatic rings. The fourth-order valence-electron chi connectivity index (χ4n) is 4.10. The third kappa shape index (κ3) is 3.16. The third-order valence-electron chi connectivity index (χ3n) is 5.52. The SMILES string of the molecule is Cc1ccncc1-c1ccc2c(n1)N(C(=O)Nc1cnccn1)[C@H]1CCCN2C1. The van der Waals surface area contributed by atoms with Crippen LogP contribution in [0.5, 0.6) is 0 Å². The van der Waals surface area contributed by atoms with Crippen molar-refractivity contribution in [3.8, 4) is 11.3 Å². The molecule has 0 radical (unpaired) electrons. The maximum atomic E-state index is 13.2. The fraction of sp³-hybridized carbons (Fsp3) is 0.286. The van der Waals surface area contributed by atoms with Gasteiger partial charge in [-0.2, -0.15) is 0 Å². The van der Waals surface area contributed by atoms with Crippen molar-refractivity contribution in [2.24, 2.45) is 0 Å². The van der Waals surface area contributed by atoms with Crippen molar-refractivity contribution in [2.45, 2.75) is 25.8 Å². The predicted molar refractivity (Wildman–Crippen MR) is 111 cm³/mol. The lowest BCUT2D eigenvalue weighted by Gasteiger charge is -2.45. The van der Waals surface area contributed by atoms with Crippen LogP contribution >= 0.6 is 0 Å². The summed E-state index contributed by atoms with van der Waals surface area (Å²) in [6, 6.07) is 5.88. The second-order valence-electron chi connectivity index (χ2n) is 7.36. The van der Waals surface area contributed by atoms with Crippen LogP contribution in [0.3, 0.4) is 0 Å². The largest absolute Gasteiger partial charge is 0.366 e. The molecule has 3 aromatic heterocycles. The van der Waals surface area contributed by atoms with Gasteiger partial charge in [-0.1, -0.05) is 0 Å². The molecule has 8 heteroatoms. The Hall–Kier alpha value is -3.55. The van der Waals surface area contributed by atoms with E-state index in [4.69, 9.17) is 4.98 Å². The molecule has 146 valence electrons. The van der Waals surface area contributed by atoms with E-state index in [-0.39, 0.29) is 12.1 Å². The summed E-state index contributed by atoms with van der Waals surface area (Å²) in [5.41, 5.74) is 3.86. The number of amides is 2. The van der Waals surface area contributed by atoms with Crippen LogP contribution in [0.25, 0.3) is 11.3 Å². The van der Waals surface area contributed by atoms with Gasteiger partial charge in [0.1, 0.15) is 0 Å². The highest BCUT2D eigenvalue weighted by Gasteiger charge is 2.38. The van der Waals surface area contributed by atoms with Gasteiger partial charge in [0.25, 0.3) is 0 Å². The number of fused-ring (bicyclic) bond motifs is 4. The number of urea groups is 1. The lowest BCUT2D eigenvalue weighted by molar-refractivity contribution is 0.252. The molecule has 0 aromatic carbocycles. The molecule has 5 heterocycles. The molecule has 0 unspecified atom stereocenters. The first-order chi connectivity index (χ1) is 14.2. The van der Waals surface area contributed by atoms with E-state index in [1.165, 1.54) is 0 Å². The highest BCUT2D eigenvalue weighted by Crippen LogP contribution is 2.39. The summed E-state index contributed by atoms with van der Waals surface area (Å²) in [5, 5.41) is 2.87. The third-order valence-corrected chi connectivity index (χ3v) is 5.52. The topological polar surface area (TPSA) is 87.1 Å². The van der Waals surface area contributed by atoms with E-state index in [1.54, 1.807) is 29.7 Å². The first-order valence-corrected chi connectivity index (χ1v) is 9.74. The number of hydrogen-bond acceptors (Lipinski definition) is 6. The van der Waals surface area contributed by atoms with E-state index < -0.39 is 0 Å². The Bertz CT molecular complexity index is 1060. The Morgan fingerprint density at radius 1 is 1.14 bits per heavy atom. The van der Waals surface area contributed by atoms with Gasteiger partial charge in [0.15, 0.2) is 11.6 Å². The van der Waals surface area contributed by atoms with Gasteiger partial charge >= 0.3 is 6.03 Å². The van der Waals surface area contributed by atoms with Crippen molar-refractivity contribution in [3.63, 3.8) is 0 Å². The van der Waals surface area contributed by atoms with Crippen LogP contribution in [0.4, 0.5) is 22.1 Å². The molecule has 2 aliphatic heterocycles. The quantitative estimate of drug-likeness (QED) is 0.726. The molecule has 5 rings (SSSR count). The summed E-state index contributed by atoms with van der Waals surface area (Å²) in [5.74, 6) is 1.11. The van der Waals surface area contributed by atoms with Crippen LogP contribution in [0.15, 0.2) is 49.2 Å². The Morgan fingerprint density at radius 3 is 2.86 bits per heavy atom. The maximum absolute atomic E-state index is 13.2. The normalized spacial score (nSPS) is 17.6. The number of rotatable bonds is 2. The van der Waals surface area contributed by atoms with Crippen molar-refractivity contribution in [1.82, 2.24) is 19.9 Å². The summed E-state index contributed by atoms with van der Waals surface area (Å²) >= 11 is 0. The molecule has 29 heavy (non-hydrogen) atoms. The summed E-state index contributed by atoms with van der Waals surface area (Å²) < 4.78 is 0. The Kier molecular flexibility index (Phi) is 4.31. The van der Waals surface area contributed by atoms with E-state index in [1.807, 2.05) is 25.3 Å². The Balaban J connectivity index is 1.57. The standard InChI is InChI=1S/C21H21N7O/c1-14-6-7-22-11-16(14)17-4-5-18-20(25-17)28(15-3-2-10-27(18)13-15)21(29)26-19-12-23-8-9-24-19/h4-9,11-12,15H,2-3,10,13H2,1H3,(H,24,26,29)/t15-/m0/s1. The molecule has 2 bridgehead atoms. The van der Waals surface area contributed by atoms with E-state index in [9.17, 15) is 4.79 Å². The zero-order valence-corrected chi connectivity index (χ0v) is 16.1. The van der Waals surface area contributed by atoms with E-state index in [0.29, 0.717) is 11.6 Å². The zero-order chi connectivity index (χ0) is 19.8. The average molecular weight is 387 g/mol. The summed E-state index contributed by atoms with van der Waals surface area (Å²) in [4.78, 5) is 34.7. The Morgan fingerprint density at radius 2 is 2.03 bits per heavy atom. The smallest absolute Gasteiger partial charge is 0.329 e. The van der Waals surface area contributed by atoms with Gasteiger partial charge in [-0.05, 0) is 43.5 Å². The molecule has 1 N–H and O–H groups in total. The molecular formula is C21H21N7O. The van der Waals surface area contributed by atoms with Crippen LogP contribution in [-0.2, 0) is 0 Å². The molecule has 1 atom stereocenters. The van der Waals surface area contributed by atoms with Gasteiger partial charge in [0.2, 0.25) is 0 Å².